The third kappa shape index (κ3) is 2.51. The lowest BCUT2D eigenvalue weighted by atomic mass is 10.00. The maximum absolute atomic E-state index is 11.8. The highest BCUT2D eigenvalue weighted by Crippen LogP contribution is 2.22. The molecule has 3 rings (SSSR count). The second kappa shape index (κ2) is 5.24. The van der Waals surface area contributed by atoms with Gasteiger partial charge in [-0.2, -0.15) is 0 Å². The summed E-state index contributed by atoms with van der Waals surface area (Å²) in [6, 6.07) is 18.2. The molecule has 0 aliphatic carbocycles. The van der Waals surface area contributed by atoms with Gasteiger partial charge in [-0.15, -0.1) is 0 Å². The molecule has 1 saturated heterocycles. The van der Waals surface area contributed by atoms with Gasteiger partial charge in [0.1, 0.15) is 6.04 Å². The fraction of sp³-hybridized carbons (Fsp3) is 0.188. The van der Waals surface area contributed by atoms with Gasteiger partial charge in [-0.3, -0.25) is 4.79 Å². The first-order valence-electron chi connectivity index (χ1n) is 6.51. The van der Waals surface area contributed by atoms with Crippen molar-refractivity contribution in [2.75, 3.05) is 13.1 Å². The fourth-order valence-electron chi connectivity index (χ4n) is 2.36. The maximum atomic E-state index is 11.8. The van der Waals surface area contributed by atoms with Crippen LogP contribution in [0.15, 0.2) is 54.6 Å². The molecule has 1 fully saturated rings. The molecule has 1 aliphatic heterocycles. The first-order valence-corrected chi connectivity index (χ1v) is 6.51. The van der Waals surface area contributed by atoms with E-state index in [9.17, 15) is 4.79 Å². The standard InChI is InChI=1S/C16H16N2O/c19-16-15(17-10-11-18-16)14-8-6-13(7-9-14)12-4-2-1-3-5-12/h1-9,15,17H,10-11H2,(H,18,19). The average molecular weight is 252 g/mol. The summed E-state index contributed by atoms with van der Waals surface area (Å²) in [5.41, 5.74) is 3.37. The first kappa shape index (κ1) is 11.9. The number of rotatable bonds is 2. The molecule has 96 valence electrons. The fourth-order valence-corrected chi connectivity index (χ4v) is 2.36. The van der Waals surface area contributed by atoms with Gasteiger partial charge in [-0.1, -0.05) is 54.6 Å². The Morgan fingerprint density at radius 2 is 1.53 bits per heavy atom. The summed E-state index contributed by atoms with van der Waals surface area (Å²) < 4.78 is 0. The Bertz CT molecular complexity index is 563. The Labute approximate surface area is 112 Å². The van der Waals surface area contributed by atoms with Crippen LogP contribution < -0.4 is 10.6 Å². The topological polar surface area (TPSA) is 41.1 Å². The molecular formula is C16H16N2O. The molecule has 3 nitrogen and oxygen atoms in total. The predicted octanol–water partition coefficient (Wildman–Crippen LogP) is 2.11. The van der Waals surface area contributed by atoms with Gasteiger partial charge in [-0.05, 0) is 16.7 Å². The molecule has 2 aromatic carbocycles. The zero-order chi connectivity index (χ0) is 13.1. The molecule has 0 saturated carbocycles. The zero-order valence-corrected chi connectivity index (χ0v) is 10.6. The lowest BCUT2D eigenvalue weighted by molar-refractivity contribution is -0.124. The lowest BCUT2D eigenvalue weighted by Crippen LogP contribution is -2.47. The van der Waals surface area contributed by atoms with Crippen LogP contribution in [0.1, 0.15) is 11.6 Å². The normalized spacial score (nSPS) is 18.9. The first-order chi connectivity index (χ1) is 9.34. The van der Waals surface area contributed by atoms with Crippen LogP contribution in [0.3, 0.4) is 0 Å². The van der Waals surface area contributed by atoms with Gasteiger partial charge in [0.25, 0.3) is 0 Å². The van der Waals surface area contributed by atoms with Crippen LogP contribution in [0.4, 0.5) is 0 Å². The molecule has 0 radical (unpaired) electrons. The van der Waals surface area contributed by atoms with E-state index in [4.69, 9.17) is 0 Å². The van der Waals surface area contributed by atoms with Gasteiger partial charge in [0.05, 0.1) is 0 Å². The van der Waals surface area contributed by atoms with Crippen LogP contribution >= 0.6 is 0 Å². The predicted molar refractivity (Wildman–Crippen MR) is 75.6 cm³/mol. The van der Waals surface area contributed by atoms with Gasteiger partial charge in [-0.25, -0.2) is 0 Å². The van der Waals surface area contributed by atoms with E-state index in [-0.39, 0.29) is 11.9 Å². The molecule has 1 heterocycles. The van der Waals surface area contributed by atoms with Crippen LogP contribution in [-0.4, -0.2) is 19.0 Å². The lowest BCUT2D eigenvalue weighted by Gasteiger charge is -2.23. The number of amides is 1. The minimum atomic E-state index is -0.224. The molecule has 2 N–H and O–H groups in total. The van der Waals surface area contributed by atoms with Crippen LogP contribution in [0, 0.1) is 0 Å². The number of piperazine rings is 1. The van der Waals surface area contributed by atoms with E-state index in [1.807, 2.05) is 30.3 Å². The van der Waals surface area contributed by atoms with Gasteiger partial charge in [0, 0.05) is 13.1 Å². The summed E-state index contributed by atoms with van der Waals surface area (Å²) in [6.07, 6.45) is 0. The van der Waals surface area contributed by atoms with Gasteiger partial charge in [0.2, 0.25) is 5.91 Å². The van der Waals surface area contributed by atoms with E-state index in [1.165, 1.54) is 11.1 Å². The Hall–Kier alpha value is -2.13. The maximum Gasteiger partial charge on any atom is 0.241 e. The number of carbonyl (C=O) groups excluding carboxylic acids is 1. The molecule has 1 atom stereocenters. The highest BCUT2D eigenvalue weighted by Gasteiger charge is 2.22. The van der Waals surface area contributed by atoms with Crippen molar-refractivity contribution in [3.05, 3.63) is 60.2 Å². The number of benzene rings is 2. The van der Waals surface area contributed by atoms with E-state index >= 15 is 0 Å². The van der Waals surface area contributed by atoms with Gasteiger partial charge < -0.3 is 10.6 Å². The van der Waals surface area contributed by atoms with Crippen LogP contribution in [0.25, 0.3) is 11.1 Å². The summed E-state index contributed by atoms with van der Waals surface area (Å²) in [7, 11) is 0. The summed E-state index contributed by atoms with van der Waals surface area (Å²) >= 11 is 0. The van der Waals surface area contributed by atoms with Crippen molar-refractivity contribution >= 4 is 5.91 Å². The minimum Gasteiger partial charge on any atom is -0.353 e. The third-order valence-electron chi connectivity index (χ3n) is 3.39. The number of carbonyl (C=O) groups is 1. The van der Waals surface area contributed by atoms with E-state index in [0.29, 0.717) is 6.54 Å². The van der Waals surface area contributed by atoms with E-state index in [1.54, 1.807) is 0 Å². The van der Waals surface area contributed by atoms with E-state index in [2.05, 4.69) is 34.9 Å². The third-order valence-corrected chi connectivity index (χ3v) is 3.39. The van der Waals surface area contributed by atoms with Crippen molar-refractivity contribution in [3.63, 3.8) is 0 Å². The summed E-state index contributed by atoms with van der Waals surface area (Å²) in [6.45, 7) is 1.52. The minimum absolute atomic E-state index is 0.0544. The van der Waals surface area contributed by atoms with Gasteiger partial charge in [0.15, 0.2) is 0 Å². The summed E-state index contributed by atoms with van der Waals surface area (Å²) in [5, 5.41) is 6.11. The van der Waals surface area contributed by atoms with Crippen molar-refractivity contribution < 1.29 is 4.79 Å². The zero-order valence-electron chi connectivity index (χ0n) is 10.6. The Morgan fingerprint density at radius 3 is 2.21 bits per heavy atom. The SMILES string of the molecule is O=C1NCCNC1c1ccc(-c2ccccc2)cc1. The van der Waals surface area contributed by atoms with Crippen LogP contribution in [-0.2, 0) is 4.79 Å². The Morgan fingerprint density at radius 1 is 0.842 bits per heavy atom. The molecule has 0 aromatic heterocycles. The van der Waals surface area contributed by atoms with Crippen molar-refractivity contribution in [1.29, 1.82) is 0 Å². The van der Waals surface area contributed by atoms with Crippen molar-refractivity contribution in [3.8, 4) is 11.1 Å². The van der Waals surface area contributed by atoms with Crippen molar-refractivity contribution in [1.82, 2.24) is 10.6 Å². The molecule has 1 unspecified atom stereocenters. The number of nitrogens with one attached hydrogen (secondary N) is 2. The van der Waals surface area contributed by atoms with Crippen molar-refractivity contribution in [2.45, 2.75) is 6.04 Å². The number of hydrogen-bond donors (Lipinski definition) is 2. The molecular weight excluding hydrogens is 236 g/mol. The molecule has 1 amide bonds. The molecule has 2 aromatic rings. The average Bonchev–Trinajstić information content (AvgIpc) is 2.49. The summed E-state index contributed by atoms with van der Waals surface area (Å²) in [5.74, 6) is 0.0544. The van der Waals surface area contributed by atoms with E-state index in [0.717, 1.165) is 12.1 Å². The quantitative estimate of drug-likeness (QED) is 0.859. The van der Waals surface area contributed by atoms with Gasteiger partial charge >= 0.3 is 0 Å². The molecule has 1 aliphatic rings. The molecule has 3 heteroatoms. The largest absolute Gasteiger partial charge is 0.353 e. The Kier molecular flexibility index (Phi) is 3.29. The smallest absolute Gasteiger partial charge is 0.241 e. The second-order valence-electron chi connectivity index (χ2n) is 4.67. The second-order valence-corrected chi connectivity index (χ2v) is 4.67. The molecule has 0 spiro atoms. The highest BCUT2D eigenvalue weighted by atomic mass is 16.2. The highest BCUT2D eigenvalue weighted by molar-refractivity contribution is 5.84. The van der Waals surface area contributed by atoms with Crippen LogP contribution in [0.5, 0.6) is 0 Å². The summed E-state index contributed by atoms with van der Waals surface area (Å²) in [4.78, 5) is 11.8. The Balaban J connectivity index is 1.85. The monoisotopic (exact) mass is 252 g/mol. The van der Waals surface area contributed by atoms with E-state index < -0.39 is 0 Å². The number of hydrogen-bond acceptors (Lipinski definition) is 2. The van der Waals surface area contributed by atoms with Crippen LogP contribution in [0.2, 0.25) is 0 Å². The molecule has 0 bridgehead atoms. The van der Waals surface area contributed by atoms with Crippen molar-refractivity contribution in [2.24, 2.45) is 0 Å². The molecule has 19 heavy (non-hydrogen) atoms.